The van der Waals surface area contributed by atoms with Crippen LogP contribution in [0.2, 0.25) is 0 Å². The summed E-state index contributed by atoms with van der Waals surface area (Å²) < 4.78 is 0. The Morgan fingerprint density at radius 2 is 1.94 bits per heavy atom. The number of hydrogen-bond donors (Lipinski definition) is 3. The van der Waals surface area contributed by atoms with E-state index in [1.807, 2.05) is 30.3 Å². The van der Waals surface area contributed by atoms with Gasteiger partial charge in [-0.15, -0.1) is 0 Å². The van der Waals surface area contributed by atoms with Crippen molar-refractivity contribution in [2.45, 2.75) is 13.0 Å². The minimum Gasteiger partial charge on any atom is -0.357 e. The minimum absolute atomic E-state index is 0.0998. The zero-order valence-corrected chi connectivity index (χ0v) is 10.1. The van der Waals surface area contributed by atoms with E-state index >= 15 is 0 Å². The second-order valence-corrected chi connectivity index (χ2v) is 3.71. The van der Waals surface area contributed by atoms with Crippen molar-refractivity contribution in [2.75, 3.05) is 12.4 Å². The van der Waals surface area contributed by atoms with E-state index in [-0.39, 0.29) is 11.9 Å². The number of likely N-dealkylation sites (N-methyl/N-ethyl adjacent to an activating group) is 1. The molecule has 16 heavy (non-hydrogen) atoms. The van der Waals surface area contributed by atoms with Gasteiger partial charge in [-0.1, -0.05) is 18.2 Å². The number of anilines is 1. The van der Waals surface area contributed by atoms with Crippen LogP contribution in [0.5, 0.6) is 0 Å². The Kier molecular flexibility index (Phi) is 4.72. The molecule has 0 aliphatic carbocycles. The molecule has 1 aromatic carbocycles. The monoisotopic (exact) mass is 237 g/mol. The Hall–Kier alpha value is -1.62. The third kappa shape index (κ3) is 3.86. The van der Waals surface area contributed by atoms with Gasteiger partial charge in [0.1, 0.15) is 6.04 Å². The molecule has 1 aromatic rings. The lowest BCUT2D eigenvalue weighted by atomic mass is 10.3. The Bertz CT molecular complexity index is 367. The molecule has 3 N–H and O–H groups in total. The van der Waals surface area contributed by atoms with Crippen LogP contribution in [0.15, 0.2) is 30.3 Å². The van der Waals surface area contributed by atoms with Gasteiger partial charge in [0, 0.05) is 12.7 Å². The average molecular weight is 237 g/mol. The van der Waals surface area contributed by atoms with E-state index in [1.54, 1.807) is 14.0 Å². The number of nitrogens with one attached hydrogen (secondary N) is 3. The van der Waals surface area contributed by atoms with Crippen molar-refractivity contribution in [1.29, 1.82) is 0 Å². The van der Waals surface area contributed by atoms with Gasteiger partial charge in [-0.25, -0.2) is 0 Å². The van der Waals surface area contributed by atoms with Gasteiger partial charge < -0.3 is 16.0 Å². The van der Waals surface area contributed by atoms with Gasteiger partial charge in [-0.3, -0.25) is 4.79 Å². The third-order valence-corrected chi connectivity index (χ3v) is 2.24. The molecule has 0 heterocycles. The minimum atomic E-state index is -0.353. The van der Waals surface area contributed by atoms with Gasteiger partial charge in [0.15, 0.2) is 5.11 Å². The highest BCUT2D eigenvalue weighted by Gasteiger charge is 2.11. The Balaban J connectivity index is 2.45. The quantitative estimate of drug-likeness (QED) is 0.689. The van der Waals surface area contributed by atoms with Gasteiger partial charge in [0.25, 0.3) is 0 Å². The smallest absolute Gasteiger partial charge is 0.242 e. The van der Waals surface area contributed by atoms with Crippen LogP contribution in [0, 0.1) is 0 Å². The molecule has 0 saturated carbocycles. The van der Waals surface area contributed by atoms with Crippen molar-refractivity contribution in [3.8, 4) is 0 Å². The van der Waals surface area contributed by atoms with E-state index in [0.29, 0.717) is 5.11 Å². The predicted octanol–water partition coefficient (Wildman–Crippen LogP) is 1.11. The number of amides is 1. The molecule has 1 amide bonds. The fraction of sp³-hybridized carbons (Fsp3) is 0.273. The van der Waals surface area contributed by atoms with Crippen LogP contribution < -0.4 is 16.0 Å². The first kappa shape index (κ1) is 12.4. The van der Waals surface area contributed by atoms with E-state index in [2.05, 4.69) is 16.0 Å². The number of carbonyl (C=O) groups excluding carboxylic acids is 1. The zero-order chi connectivity index (χ0) is 12.0. The summed E-state index contributed by atoms with van der Waals surface area (Å²) in [7, 11) is 1.59. The maximum absolute atomic E-state index is 11.2. The molecule has 0 fully saturated rings. The molecular weight excluding hydrogens is 222 g/mol. The highest BCUT2D eigenvalue weighted by atomic mass is 32.1. The lowest BCUT2D eigenvalue weighted by molar-refractivity contribution is -0.121. The highest BCUT2D eigenvalue weighted by Crippen LogP contribution is 2.04. The molecule has 1 unspecified atom stereocenters. The fourth-order valence-corrected chi connectivity index (χ4v) is 1.46. The molecule has 0 spiro atoms. The van der Waals surface area contributed by atoms with Crippen molar-refractivity contribution in [3.63, 3.8) is 0 Å². The van der Waals surface area contributed by atoms with Crippen LogP contribution in [0.25, 0.3) is 0 Å². The van der Waals surface area contributed by atoms with Crippen LogP contribution in [0.1, 0.15) is 6.92 Å². The summed E-state index contributed by atoms with van der Waals surface area (Å²) in [4.78, 5) is 11.2. The standard InChI is InChI=1S/C11H15N3OS/c1-8(10(15)12-2)13-11(16)14-9-6-4-3-5-7-9/h3-8H,1-2H3,(H,12,15)(H2,13,14,16). The third-order valence-electron chi connectivity index (χ3n) is 2.02. The number of thiocarbonyl (C=S) groups is 1. The van der Waals surface area contributed by atoms with Crippen molar-refractivity contribution in [1.82, 2.24) is 10.6 Å². The number of para-hydroxylation sites is 1. The molecule has 1 atom stereocenters. The molecule has 0 radical (unpaired) electrons. The van der Waals surface area contributed by atoms with Gasteiger partial charge in [0.2, 0.25) is 5.91 Å². The number of rotatable bonds is 3. The second kappa shape index (κ2) is 6.07. The van der Waals surface area contributed by atoms with Crippen LogP contribution >= 0.6 is 12.2 Å². The molecule has 1 rings (SSSR count). The summed E-state index contributed by atoms with van der Waals surface area (Å²) in [5, 5.41) is 8.86. The SMILES string of the molecule is CNC(=O)C(C)NC(=S)Nc1ccccc1. The molecule has 0 aromatic heterocycles. The predicted molar refractivity (Wildman–Crippen MR) is 69.3 cm³/mol. The van der Waals surface area contributed by atoms with Gasteiger partial charge in [-0.2, -0.15) is 0 Å². The van der Waals surface area contributed by atoms with E-state index in [0.717, 1.165) is 5.69 Å². The van der Waals surface area contributed by atoms with Crippen molar-refractivity contribution in [3.05, 3.63) is 30.3 Å². The number of hydrogen-bond acceptors (Lipinski definition) is 2. The van der Waals surface area contributed by atoms with E-state index in [4.69, 9.17) is 12.2 Å². The summed E-state index contributed by atoms with van der Waals surface area (Å²) in [6, 6.07) is 9.19. The molecular formula is C11H15N3OS. The van der Waals surface area contributed by atoms with E-state index < -0.39 is 0 Å². The first-order valence-electron chi connectivity index (χ1n) is 4.97. The van der Waals surface area contributed by atoms with Crippen molar-refractivity contribution < 1.29 is 4.79 Å². The van der Waals surface area contributed by atoms with Crippen molar-refractivity contribution in [2.24, 2.45) is 0 Å². The topological polar surface area (TPSA) is 53.2 Å². The zero-order valence-electron chi connectivity index (χ0n) is 9.28. The molecule has 4 nitrogen and oxygen atoms in total. The average Bonchev–Trinajstić information content (AvgIpc) is 2.29. The molecule has 86 valence electrons. The molecule has 0 bridgehead atoms. The molecule has 0 saturated heterocycles. The molecule has 5 heteroatoms. The number of carbonyl (C=O) groups is 1. The first-order chi connectivity index (χ1) is 7.63. The van der Waals surface area contributed by atoms with Gasteiger partial charge in [-0.05, 0) is 31.3 Å². The molecule has 0 aliphatic rings. The summed E-state index contributed by atoms with van der Waals surface area (Å²) in [6.45, 7) is 1.75. The summed E-state index contributed by atoms with van der Waals surface area (Å²) in [6.07, 6.45) is 0. The van der Waals surface area contributed by atoms with Crippen LogP contribution in [-0.4, -0.2) is 24.1 Å². The second-order valence-electron chi connectivity index (χ2n) is 3.30. The van der Waals surface area contributed by atoms with Crippen LogP contribution in [0.4, 0.5) is 5.69 Å². The van der Waals surface area contributed by atoms with Gasteiger partial charge in [0.05, 0.1) is 0 Å². The Labute approximate surface area is 100 Å². The normalized spacial score (nSPS) is 11.4. The first-order valence-corrected chi connectivity index (χ1v) is 5.38. The lowest BCUT2D eigenvalue weighted by Gasteiger charge is -2.15. The lowest BCUT2D eigenvalue weighted by Crippen LogP contribution is -2.45. The van der Waals surface area contributed by atoms with Crippen molar-refractivity contribution >= 4 is 28.9 Å². The van der Waals surface area contributed by atoms with E-state index in [9.17, 15) is 4.79 Å². The number of benzene rings is 1. The maximum atomic E-state index is 11.2. The van der Waals surface area contributed by atoms with Crippen LogP contribution in [0.3, 0.4) is 0 Å². The maximum Gasteiger partial charge on any atom is 0.242 e. The largest absolute Gasteiger partial charge is 0.357 e. The summed E-state index contributed by atoms with van der Waals surface area (Å²) in [5.41, 5.74) is 0.893. The summed E-state index contributed by atoms with van der Waals surface area (Å²) in [5.74, 6) is -0.0998. The Morgan fingerprint density at radius 3 is 2.50 bits per heavy atom. The molecule has 0 aliphatic heterocycles. The highest BCUT2D eigenvalue weighted by molar-refractivity contribution is 7.80. The van der Waals surface area contributed by atoms with Crippen LogP contribution in [-0.2, 0) is 4.79 Å². The van der Waals surface area contributed by atoms with Gasteiger partial charge >= 0.3 is 0 Å². The Morgan fingerprint density at radius 1 is 1.31 bits per heavy atom. The fourth-order valence-electron chi connectivity index (χ4n) is 1.17. The summed E-state index contributed by atoms with van der Waals surface area (Å²) >= 11 is 5.08. The van der Waals surface area contributed by atoms with E-state index in [1.165, 1.54) is 0 Å².